The van der Waals surface area contributed by atoms with E-state index in [1.165, 1.54) is 0 Å². The highest BCUT2D eigenvalue weighted by Gasteiger charge is 2.11. The van der Waals surface area contributed by atoms with Crippen LogP contribution in [0.3, 0.4) is 0 Å². The molecule has 3 heteroatoms. The van der Waals surface area contributed by atoms with Crippen LogP contribution < -0.4 is 5.32 Å². The fraction of sp³-hybridized carbons (Fsp3) is 0.545. The lowest BCUT2D eigenvalue weighted by Crippen LogP contribution is -2.35. The van der Waals surface area contributed by atoms with Crippen molar-refractivity contribution in [1.82, 2.24) is 10.3 Å². The molecule has 0 radical (unpaired) electrons. The summed E-state index contributed by atoms with van der Waals surface area (Å²) in [5.74, 6) is 2.58. The first-order chi connectivity index (χ1) is 6.42. The van der Waals surface area contributed by atoms with E-state index in [9.17, 15) is 0 Å². The molecule has 0 fully saturated rings. The molecule has 1 aromatic rings. The second-order valence-corrected chi connectivity index (χ2v) is 5.55. The Balaban J connectivity index is 2.66. The Morgan fingerprint density at radius 3 is 2.57 bits per heavy atom. The van der Waals surface area contributed by atoms with Gasteiger partial charge in [0.1, 0.15) is 10.7 Å². The number of thiazole rings is 1. The van der Waals surface area contributed by atoms with Gasteiger partial charge in [0.25, 0.3) is 0 Å². The van der Waals surface area contributed by atoms with Gasteiger partial charge in [-0.25, -0.2) is 4.98 Å². The molecular weight excluding hydrogens is 192 g/mol. The number of hydrogen-bond donors (Lipinski definition) is 1. The van der Waals surface area contributed by atoms with Gasteiger partial charge in [0, 0.05) is 17.0 Å². The van der Waals surface area contributed by atoms with E-state index in [-0.39, 0.29) is 5.54 Å². The van der Waals surface area contributed by atoms with Crippen molar-refractivity contribution in [3.05, 3.63) is 15.6 Å². The molecular formula is C11H16N2S. The molecule has 0 saturated heterocycles. The monoisotopic (exact) mass is 208 g/mol. The number of hydrogen-bond acceptors (Lipinski definition) is 3. The maximum Gasteiger partial charge on any atom is 0.127 e. The summed E-state index contributed by atoms with van der Waals surface area (Å²) in [6.45, 7) is 9.20. The van der Waals surface area contributed by atoms with Crippen molar-refractivity contribution in [2.75, 3.05) is 0 Å². The zero-order chi connectivity index (χ0) is 10.8. The van der Waals surface area contributed by atoms with Crippen molar-refractivity contribution < 1.29 is 0 Å². The molecule has 0 atom stereocenters. The Bertz CT molecular complexity index is 352. The van der Waals surface area contributed by atoms with E-state index in [4.69, 9.17) is 6.42 Å². The molecule has 0 spiro atoms. The summed E-state index contributed by atoms with van der Waals surface area (Å²) < 4.78 is 0. The second-order valence-electron chi connectivity index (χ2n) is 4.26. The zero-order valence-electron chi connectivity index (χ0n) is 9.14. The first-order valence-electron chi connectivity index (χ1n) is 4.60. The summed E-state index contributed by atoms with van der Waals surface area (Å²) in [4.78, 5) is 5.47. The Morgan fingerprint density at radius 1 is 1.50 bits per heavy atom. The smallest absolute Gasteiger partial charge is 0.127 e. The Morgan fingerprint density at radius 2 is 2.14 bits per heavy atom. The number of rotatable bonds is 2. The summed E-state index contributed by atoms with van der Waals surface area (Å²) in [7, 11) is 0. The molecule has 1 rings (SSSR count). The van der Waals surface area contributed by atoms with Gasteiger partial charge in [0.15, 0.2) is 0 Å². The van der Waals surface area contributed by atoms with E-state index < -0.39 is 0 Å². The van der Waals surface area contributed by atoms with Gasteiger partial charge in [-0.2, -0.15) is 0 Å². The van der Waals surface area contributed by atoms with Crippen LogP contribution in [-0.4, -0.2) is 10.5 Å². The third-order valence-corrected chi connectivity index (χ3v) is 2.72. The fourth-order valence-electron chi connectivity index (χ4n) is 1.00. The van der Waals surface area contributed by atoms with E-state index in [1.807, 2.05) is 6.92 Å². The third kappa shape index (κ3) is 3.13. The van der Waals surface area contributed by atoms with Crippen molar-refractivity contribution in [2.45, 2.75) is 39.8 Å². The van der Waals surface area contributed by atoms with Crippen molar-refractivity contribution >= 4 is 11.3 Å². The van der Waals surface area contributed by atoms with Gasteiger partial charge >= 0.3 is 0 Å². The standard InChI is InChI=1S/C11H16N2S/c1-6-9-8(2)14-10(13-9)7-12-11(3,4)5/h1,12H,7H2,2-5H3. The van der Waals surface area contributed by atoms with Gasteiger partial charge in [-0.15, -0.1) is 17.8 Å². The van der Waals surface area contributed by atoms with Crippen LogP contribution in [0.2, 0.25) is 0 Å². The molecule has 0 bridgehead atoms. The molecule has 0 aliphatic rings. The summed E-state index contributed by atoms with van der Waals surface area (Å²) in [5.41, 5.74) is 0.899. The van der Waals surface area contributed by atoms with Crippen LogP contribution in [-0.2, 0) is 6.54 Å². The second kappa shape index (κ2) is 4.12. The van der Waals surface area contributed by atoms with Crippen LogP contribution in [0.1, 0.15) is 36.3 Å². The minimum absolute atomic E-state index is 0.121. The maximum atomic E-state index is 5.32. The number of nitrogens with one attached hydrogen (secondary N) is 1. The van der Waals surface area contributed by atoms with Crippen LogP contribution in [0.4, 0.5) is 0 Å². The average Bonchev–Trinajstić information content (AvgIpc) is 2.42. The predicted octanol–water partition coefficient (Wildman–Crippen LogP) is 2.32. The van der Waals surface area contributed by atoms with Crippen molar-refractivity contribution in [1.29, 1.82) is 0 Å². The Hall–Kier alpha value is -0.850. The number of nitrogens with zero attached hydrogens (tertiary/aromatic N) is 1. The molecule has 76 valence electrons. The van der Waals surface area contributed by atoms with Crippen LogP contribution >= 0.6 is 11.3 Å². The first kappa shape index (κ1) is 11.2. The quantitative estimate of drug-likeness (QED) is 0.754. The topological polar surface area (TPSA) is 24.9 Å². The number of terminal acetylenes is 1. The number of aromatic nitrogens is 1. The Labute approximate surface area is 89.8 Å². The molecule has 0 aliphatic carbocycles. The largest absolute Gasteiger partial charge is 0.306 e. The van der Waals surface area contributed by atoms with E-state index in [1.54, 1.807) is 11.3 Å². The van der Waals surface area contributed by atoms with E-state index >= 15 is 0 Å². The Kier molecular flexibility index (Phi) is 3.30. The van der Waals surface area contributed by atoms with Crippen LogP contribution in [0.5, 0.6) is 0 Å². The lowest BCUT2D eigenvalue weighted by atomic mass is 10.1. The summed E-state index contributed by atoms with van der Waals surface area (Å²) in [6.07, 6.45) is 5.32. The molecule has 0 aromatic carbocycles. The average molecular weight is 208 g/mol. The van der Waals surface area contributed by atoms with E-state index in [2.05, 4.69) is 37.0 Å². The molecule has 1 N–H and O–H groups in total. The van der Waals surface area contributed by atoms with Crippen molar-refractivity contribution in [3.63, 3.8) is 0 Å². The summed E-state index contributed by atoms with van der Waals surface area (Å²) in [6, 6.07) is 0. The lowest BCUT2D eigenvalue weighted by molar-refractivity contribution is 0.424. The lowest BCUT2D eigenvalue weighted by Gasteiger charge is -2.19. The maximum absolute atomic E-state index is 5.32. The zero-order valence-corrected chi connectivity index (χ0v) is 9.96. The van der Waals surface area contributed by atoms with Crippen LogP contribution in [0.15, 0.2) is 0 Å². The predicted molar refractivity (Wildman–Crippen MR) is 61.4 cm³/mol. The van der Waals surface area contributed by atoms with Gasteiger partial charge in [0.2, 0.25) is 0 Å². The first-order valence-corrected chi connectivity index (χ1v) is 5.42. The molecule has 0 amide bonds. The molecule has 0 unspecified atom stereocenters. The normalized spacial score (nSPS) is 11.4. The fourth-order valence-corrected chi connectivity index (χ4v) is 1.84. The van der Waals surface area contributed by atoms with Gasteiger partial charge in [-0.3, -0.25) is 0 Å². The molecule has 2 nitrogen and oxygen atoms in total. The minimum atomic E-state index is 0.121. The highest BCUT2D eigenvalue weighted by molar-refractivity contribution is 7.11. The van der Waals surface area contributed by atoms with E-state index in [0.29, 0.717) is 0 Å². The molecule has 1 aromatic heterocycles. The van der Waals surface area contributed by atoms with Gasteiger partial charge < -0.3 is 5.32 Å². The highest BCUT2D eigenvalue weighted by atomic mass is 32.1. The van der Waals surface area contributed by atoms with Crippen LogP contribution in [0.25, 0.3) is 0 Å². The minimum Gasteiger partial charge on any atom is -0.306 e. The molecule has 0 saturated carbocycles. The van der Waals surface area contributed by atoms with Gasteiger partial charge in [-0.1, -0.05) is 0 Å². The number of aryl methyl sites for hydroxylation is 1. The van der Waals surface area contributed by atoms with Crippen molar-refractivity contribution in [3.8, 4) is 12.3 Å². The summed E-state index contributed by atoms with van der Waals surface area (Å²) in [5, 5.41) is 4.44. The molecule has 14 heavy (non-hydrogen) atoms. The highest BCUT2D eigenvalue weighted by Crippen LogP contribution is 2.17. The van der Waals surface area contributed by atoms with Gasteiger partial charge in [0.05, 0.1) is 0 Å². The van der Waals surface area contributed by atoms with Crippen LogP contribution in [0, 0.1) is 19.3 Å². The third-order valence-electron chi connectivity index (χ3n) is 1.75. The molecule has 0 aliphatic heterocycles. The van der Waals surface area contributed by atoms with Gasteiger partial charge in [-0.05, 0) is 33.6 Å². The SMILES string of the molecule is C#Cc1nc(CNC(C)(C)C)sc1C. The van der Waals surface area contributed by atoms with E-state index in [0.717, 1.165) is 22.1 Å². The summed E-state index contributed by atoms with van der Waals surface area (Å²) >= 11 is 1.66. The molecule has 1 heterocycles. The van der Waals surface area contributed by atoms with Crippen molar-refractivity contribution in [2.24, 2.45) is 0 Å².